The summed E-state index contributed by atoms with van der Waals surface area (Å²) in [6.07, 6.45) is 0. The van der Waals surface area contributed by atoms with Crippen molar-refractivity contribution in [1.29, 1.82) is 0 Å². The fourth-order valence-corrected chi connectivity index (χ4v) is 5.50. The predicted octanol–water partition coefficient (Wildman–Crippen LogP) is 6.91. The second-order valence-electron chi connectivity index (χ2n) is 9.61. The Morgan fingerprint density at radius 2 is 1.88 bits per heavy atom. The van der Waals surface area contributed by atoms with Crippen LogP contribution in [-0.2, 0) is 6.73 Å². The van der Waals surface area contributed by atoms with Crippen molar-refractivity contribution in [3.63, 3.8) is 0 Å². The number of rotatable bonds is 4. The first-order chi connectivity index (χ1) is 19.4. The molecule has 1 amide bonds. The molecule has 0 radical (unpaired) electrons. The van der Waals surface area contributed by atoms with Crippen LogP contribution in [0.4, 0.5) is 10.1 Å². The number of aromatic nitrogens is 2. The molecule has 7 nitrogen and oxygen atoms in total. The van der Waals surface area contributed by atoms with Crippen molar-refractivity contribution in [3.8, 4) is 39.7 Å². The van der Waals surface area contributed by atoms with E-state index >= 15 is 0 Å². The van der Waals surface area contributed by atoms with Gasteiger partial charge in [0.25, 0.3) is 5.91 Å². The van der Waals surface area contributed by atoms with Gasteiger partial charge in [0, 0.05) is 42.1 Å². The van der Waals surface area contributed by atoms with E-state index in [0.29, 0.717) is 46.0 Å². The molecule has 0 saturated heterocycles. The fraction of sp³-hybridized carbons (Fsp3) is 0.0968. The molecule has 0 fully saturated rings. The Morgan fingerprint density at radius 1 is 1.07 bits per heavy atom. The molecule has 3 aromatic carbocycles. The number of nitrogens with one attached hydrogen (secondary N) is 1. The van der Waals surface area contributed by atoms with Crippen LogP contribution in [0.2, 0.25) is 0 Å². The Morgan fingerprint density at radius 3 is 2.65 bits per heavy atom. The minimum atomic E-state index is -0.371. The standard InChI is InChI=1S/C31H23FN4O3S/c1-33-31(37)28-21-14-20(24(35(2)40)15-27(21)39-30(28)17-7-9-19(32)10-8-17)22-11-12-26-29(34-22)25-13-18-5-3-4-6-23(18)36(25)16-38-26/h3-15,40H,16H2,1-2H3,(H,33,37). The molecule has 1 aliphatic rings. The van der Waals surface area contributed by atoms with E-state index in [0.717, 1.165) is 33.5 Å². The van der Waals surface area contributed by atoms with Gasteiger partial charge >= 0.3 is 0 Å². The maximum Gasteiger partial charge on any atom is 0.255 e. The molecule has 198 valence electrons. The molecule has 1 N–H and O–H groups in total. The van der Waals surface area contributed by atoms with Crippen molar-refractivity contribution < 1.29 is 18.3 Å². The SMILES string of the molecule is CNC(=O)c1c(-c2ccc(F)cc2)oc2cc(N(C)S)c(-c3ccc4c(n3)-c3cc5ccccc5n3CO4)cc12. The number of nitrogens with zero attached hydrogens (tertiary/aromatic N) is 3. The summed E-state index contributed by atoms with van der Waals surface area (Å²) in [4.78, 5) is 18.2. The molecule has 0 bridgehead atoms. The predicted molar refractivity (Wildman–Crippen MR) is 157 cm³/mol. The Labute approximate surface area is 234 Å². The first-order valence-electron chi connectivity index (χ1n) is 12.7. The molecule has 0 atom stereocenters. The number of hydrogen-bond acceptors (Lipinski definition) is 6. The number of fused-ring (bicyclic) bond motifs is 6. The third-order valence-electron chi connectivity index (χ3n) is 7.25. The lowest BCUT2D eigenvalue weighted by Gasteiger charge is -2.22. The minimum Gasteiger partial charge on any atom is -0.470 e. The highest BCUT2D eigenvalue weighted by molar-refractivity contribution is 7.81. The lowest BCUT2D eigenvalue weighted by atomic mass is 10.0. The van der Waals surface area contributed by atoms with Gasteiger partial charge < -0.3 is 23.3 Å². The third-order valence-corrected chi connectivity index (χ3v) is 7.47. The maximum atomic E-state index is 13.6. The molecular weight excluding hydrogens is 527 g/mol. The van der Waals surface area contributed by atoms with E-state index < -0.39 is 0 Å². The first-order valence-corrected chi connectivity index (χ1v) is 13.1. The molecule has 6 aromatic rings. The molecule has 1 aliphatic heterocycles. The molecule has 9 heteroatoms. The highest BCUT2D eigenvalue weighted by Crippen LogP contribution is 2.43. The topological polar surface area (TPSA) is 72.5 Å². The lowest BCUT2D eigenvalue weighted by Crippen LogP contribution is -2.18. The molecular formula is C31H23FN4O3S. The van der Waals surface area contributed by atoms with Crippen LogP contribution >= 0.6 is 12.8 Å². The second kappa shape index (κ2) is 9.17. The van der Waals surface area contributed by atoms with Gasteiger partial charge in [-0.3, -0.25) is 4.79 Å². The average Bonchev–Trinajstić information content (AvgIpc) is 3.54. The van der Waals surface area contributed by atoms with Crippen LogP contribution < -0.4 is 14.4 Å². The number of carbonyl (C=O) groups is 1. The van der Waals surface area contributed by atoms with Gasteiger partial charge in [-0.1, -0.05) is 31.0 Å². The van der Waals surface area contributed by atoms with Crippen molar-refractivity contribution >= 4 is 46.3 Å². The van der Waals surface area contributed by atoms with Crippen LogP contribution in [0.25, 0.3) is 55.8 Å². The van der Waals surface area contributed by atoms with Gasteiger partial charge in [-0.2, -0.15) is 0 Å². The summed E-state index contributed by atoms with van der Waals surface area (Å²) in [6, 6.07) is 23.7. The van der Waals surface area contributed by atoms with Crippen LogP contribution in [0.1, 0.15) is 10.4 Å². The third kappa shape index (κ3) is 3.73. The van der Waals surface area contributed by atoms with Crippen LogP contribution in [0.3, 0.4) is 0 Å². The summed E-state index contributed by atoms with van der Waals surface area (Å²) in [5.74, 6) is 0.376. The highest BCUT2D eigenvalue weighted by atomic mass is 32.1. The summed E-state index contributed by atoms with van der Waals surface area (Å²) in [5, 5.41) is 4.43. The quantitative estimate of drug-likeness (QED) is 0.233. The average molecular weight is 551 g/mol. The van der Waals surface area contributed by atoms with Gasteiger partial charge in [-0.15, -0.1) is 0 Å². The number of para-hydroxylation sites is 1. The fourth-order valence-electron chi connectivity index (χ4n) is 5.34. The van der Waals surface area contributed by atoms with Gasteiger partial charge in [-0.25, -0.2) is 9.37 Å². The van der Waals surface area contributed by atoms with Crippen LogP contribution in [0.15, 0.2) is 83.3 Å². The monoisotopic (exact) mass is 550 g/mol. The van der Waals surface area contributed by atoms with E-state index in [2.05, 4.69) is 40.9 Å². The largest absolute Gasteiger partial charge is 0.470 e. The van der Waals surface area contributed by atoms with Crippen molar-refractivity contribution in [3.05, 3.63) is 90.2 Å². The Kier molecular flexibility index (Phi) is 5.57. The Balaban J connectivity index is 1.45. The van der Waals surface area contributed by atoms with Crippen molar-refractivity contribution in [1.82, 2.24) is 14.9 Å². The zero-order valence-corrected chi connectivity index (χ0v) is 22.5. The number of amides is 1. The van der Waals surface area contributed by atoms with Gasteiger partial charge in [0.15, 0.2) is 6.73 Å². The van der Waals surface area contributed by atoms with E-state index in [1.54, 1.807) is 23.5 Å². The van der Waals surface area contributed by atoms with Gasteiger partial charge in [-0.05, 0) is 54.6 Å². The van der Waals surface area contributed by atoms with Gasteiger partial charge in [0.05, 0.1) is 28.2 Å². The van der Waals surface area contributed by atoms with Crippen molar-refractivity contribution in [2.75, 3.05) is 18.4 Å². The molecule has 0 saturated carbocycles. The zero-order chi connectivity index (χ0) is 27.5. The van der Waals surface area contributed by atoms with E-state index in [1.807, 2.05) is 43.4 Å². The van der Waals surface area contributed by atoms with Gasteiger partial charge in [0.1, 0.15) is 28.6 Å². The molecule has 4 heterocycles. The number of anilines is 1. The Hall–Kier alpha value is -4.76. The van der Waals surface area contributed by atoms with Gasteiger partial charge in [0.2, 0.25) is 0 Å². The lowest BCUT2D eigenvalue weighted by molar-refractivity contribution is 0.0964. The summed E-state index contributed by atoms with van der Waals surface area (Å²) >= 11 is 4.60. The molecule has 3 aromatic heterocycles. The maximum absolute atomic E-state index is 13.6. The number of benzene rings is 3. The van der Waals surface area contributed by atoms with Crippen LogP contribution in [0, 0.1) is 5.82 Å². The molecule has 7 rings (SSSR count). The molecule has 40 heavy (non-hydrogen) atoms. The summed E-state index contributed by atoms with van der Waals surface area (Å²) in [5.41, 5.74) is 6.42. The van der Waals surface area contributed by atoms with E-state index in [1.165, 1.54) is 12.1 Å². The number of furan rings is 1. The molecule has 0 aliphatic carbocycles. The zero-order valence-electron chi connectivity index (χ0n) is 21.6. The second-order valence-corrected chi connectivity index (χ2v) is 10.2. The number of hydrogen-bond donors (Lipinski definition) is 2. The molecule has 0 unspecified atom stereocenters. The van der Waals surface area contributed by atoms with Crippen LogP contribution in [-0.4, -0.2) is 29.6 Å². The number of ether oxygens (including phenoxy) is 1. The number of pyridine rings is 1. The normalized spacial score (nSPS) is 12.2. The smallest absolute Gasteiger partial charge is 0.255 e. The first kappa shape index (κ1) is 24.3. The Bertz CT molecular complexity index is 1960. The van der Waals surface area contributed by atoms with E-state index in [-0.39, 0.29) is 11.7 Å². The highest BCUT2D eigenvalue weighted by Gasteiger charge is 2.26. The molecule has 0 spiro atoms. The number of thiol groups is 1. The summed E-state index contributed by atoms with van der Waals surface area (Å²) in [6.45, 7) is 0.407. The number of halogens is 1. The summed E-state index contributed by atoms with van der Waals surface area (Å²) in [7, 11) is 3.38. The van der Waals surface area contributed by atoms with E-state index in [9.17, 15) is 9.18 Å². The summed E-state index contributed by atoms with van der Waals surface area (Å²) < 4.78 is 29.7. The van der Waals surface area contributed by atoms with Crippen LogP contribution in [0.5, 0.6) is 5.75 Å². The van der Waals surface area contributed by atoms with Crippen molar-refractivity contribution in [2.24, 2.45) is 0 Å². The van der Waals surface area contributed by atoms with Crippen molar-refractivity contribution in [2.45, 2.75) is 6.73 Å². The minimum absolute atomic E-state index is 0.313. The number of carbonyl (C=O) groups excluding carboxylic acids is 1. The van der Waals surface area contributed by atoms with E-state index in [4.69, 9.17) is 14.1 Å².